The Hall–Kier alpha value is -0.120. The van der Waals surface area contributed by atoms with Crippen molar-refractivity contribution in [2.45, 2.75) is 44.1 Å². The Morgan fingerprint density at radius 2 is 2.00 bits per heavy atom. The van der Waals surface area contributed by atoms with E-state index in [-0.39, 0.29) is 5.54 Å². The lowest BCUT2D eigenvalue weighted by Gasteiger charge is -2.41. The highest BCUT2D eigenvalue weighted by Gasteiger charge is 2.34. The molecule has 1 atom stereocenters. The van der Waals surface area contributed by atoms with Crippen LogP contribution in [-0.4, -0.2) is 38.9 Å². The van der Waals surface area contributed by atoms with Crippen LogP contribution in [0.2, 0.25) is 0 Å². The third kappa shape index (κ3) is 3.19. The minimum Gasteiger partial charge on any atom is -0.383 e. The lowest BCUT2D eigenvalue weighted by atomic mass is 9.78. The van der Waals surface area contributed by atoms with E-state index in [0.29, 0.717) is 0 Å². The molecule has 1 unspecified atom stereocenters. The van der Waals surface area contributed by atoms with Crippen LogP contribution in [0.3, 0.4) is 0 Å². The third-order valence-electron chi connectivity index (χ3n) is 4.14. The molecule has 2 aliphatic rings. The molecule has 2 fully saturated rings. The summed E-state index contributed by atoms with van der Waals surface area (Å²) >= 11 is 0. The zero-order valence-electron chi connectivity index (χ0n) is 10.6. The number of ether oxygens (including phenoxy) is 1. The third-order valence-corrected chi connectivity index (χ3v) is 4.14. The Kier molecular flexibility index (Phi) is 4.62. The van der Waals surface area contributed by atoms with Crippen molar-refractivity contribution in [1.82, 2.24) is 10.6 Å². The van der Waals surface area contributed by atoms with E-state index in [4.69, 9.17) is 4.74 Å². The van der Waals surface area contributed by atoms with Gasteiger partial charge in [-0.2, -0.15) is 0 Å². The van der Waals surface area contributed by atoms with E-state index in [2.05, 4.69) is 10.6 Å². The zero-order chi connectivity index (χ0) is 11.3. The van der Waals surface area contributed by atoms with Crippen LogP contribution in [0.1, 0.15) is 38.5 Å². The molecule has 2 heterocycles. The molecule has 2 N–H and O–H groups in total. The van der Waals surface area contributed by atoms with Crippen LogP contribution in [0.4, 0.5) is 0 Å². The summed E-state index contributed by atoms with van der Waals surface area (Å²) in [7, 11) is 1.83. The van der Waals surface area contributed by atoms with E-state index in [0.717, 1.165) is 12.5 Å². The Balaban J connectivity index is 1.89. The topological polar surface area (TPSA) is 33.3 Å². The number of rotatable bonds is 4. The Morgan fingerprint density at radius 3 is 2.62 bits per heavy atom. The lowest BCUT2D eigenvalue weighted by Crippen LogP contribution is -2.53. The van der Waals surface area contributed by atoms with Crippen LogP contribution in [-0.2, 0) is 4.74 Å². The fourth-order valence-electron chi connectivity index (χ4n) is 3.30. The highest BCUT2D eigenvalue weighted by molar-refractivity contribution is 4.93. The second-order valence-corrected chi connectivity index (χ2v) is 5.49. The largest absolute Gasteiger partial charge is 0.383 e. The molecule has 0 bridgehead atoms. The molecule has 0 spiro atoms. The molecule has 16 heavy (non-hydrogen) atoms. The van der Waals surface area contributed by atoms with Crippen LogP contribution in [0, 0.1) is 5.92 Å². The monoisotopic (exact) mass is 226 g/mol. The number of hydrogen-bond donors (Lipinski definition) is 2. The first-order valence-electron chi connectivity index (χ1n) is 6.79. The molecule has 0 aliphatic carbocycles. The molecule has 0 radical (unpaired) electrons. The quantitative estimate of drug-likeness (QED) is 0.763. The minimum atomic E-state index is 0.287. The van der Waals surface area contributed by atoms with Gasteiger partial charge in [-0.1, -0.05) is 6.42 Å². The van der Waals surface area contributed by atoms with Gasteiger partial charge in [0.2, 0.25) is 0 Å². The van der Waals surface area contributed by atoms with Crippen LogP contribution in [0.5, 0.6) is 0 Å². The van der Waals surface area contributed by atoms with E-state index >= 15 is 0 Å². The van der Waals surface area contributed by atoms with Gasteiger partial charge in [-0.05, 0) is 57.7 Å². The Labute approximate surface area is 99.3 Å². The summed E-state index contributed by atoms with van der Waals surface area (Å²) in [6.07, 6.45) is 7.98. The maximum atomic E-state index is 5.45. The van der Waals surface area contributed by atoms with E-state index in [1.54, 1.807) is 0 Å². The summed E-state index contributed by atoms with van der Waals surface area (Å²) in [4.78, 5) is 0. The van der Waals surface area contributed by atoms with Gasteiger partial charge in [0.25, 0.3) is 0 Å². The lowest BCUT2D eigenvalue weighted by molar-refractivity contribution is 0.0672. The summed E-state index contributed by atoms with van der Waals surface area (Å²) < 4.78 is 5.45. The van der Waals surface area contributed by atoms with E-state index < -0.39 is 0 Å². The van der Waals surface area contributed by atoms with Gasteiger partial charge in [-0.3, -0.25) is 0 Å². The SMILES string of the molecule is COCC1(CC2CCNCC2)CCCCN1. The van der Waals surface area contributed by atoms with Crippen molar-refractivity contribution in [3.63, 3.8) is 0 Å². The first kappa shape index (κ1) is 12.3. The van der Waals surface area contributed by atoms with Gasteiger partial charge < -0.3 is 15.4 Å². The van der Waals surface area contributed by atoms with Gasteiger partial charge in [0.05, 0.1) is 6.61 Å². The molecule has 0 aromatic rings. The average molecular weight is 226 g/mol. The molecule has 2 rings (SSSR count). The van der Waals surface area contributed by atoms with E-state index in [9.17, 15) is 0 Å². The maximum Gasteiger partial charge on any atom is 0.0644 e. The van der Waals surface area contributed by atoms with Gasteiger partial charge in [0.1, 0.15) is 0 Å². The van der Waals surface area contributed by atoms with Crippen molar-refractivity contribution in [2.75, 3.05) is 33.4 Å². The number of nitrogens with one attached hydrogen (secondary N) is 2. The smallest absolute Gasteiger partial charge is 0.0644 e. The maximum absolute atomic E-state index is 5.45. The highest BCUT2D eigenvalue weighted by Crippen LogP contribution is 2.30. The number of methoxy groups -OCH3 is 1. The molecule has 3 nitrogen and oxygen atoms in total. The standard InChI is InChI=1S/C13H26N2O/c1-16-11-13(6-2-3-7-15-13)10-12-4-8-14-9-5-12/h12,14-15H,2-11H2,1H3. The van der Waals surface area contributed by atoms with Gasteiger partial charge in [0.15, 0.2) is 0 Å². The second-order valence-electron chi connectivity index (χ2n) is 5.49. The molecular formula is C13H26N2O. The summed E-state index contributed by atoms with van der Waals surface area (Å²) in [5.74, 6) is 0.891. The van der Waals surface area contributed by atoms with Gasteiger partial charge in [-0.15, -0.1) is 0 Å². The summed E-state index contributed by atoms with van der Waals surface area (Å²) in [6.45, 7) is 4.46. The van der Waals surface area contributed by atoms with E-state index in [1.165, 1.54) is 58.2 Å². The molecule has 0 amide bonds. The van der Waals surface area contributed by atoms with Crippen molar-refractivity contribution >= 4 is 0 Å². The Bertz CT molecular complexity index is 191. The van der Waals surface area contributed by atoms with Gasteiger partial charge in [-0.25, -0.2) is 0 Å². The normalized spacial score (nSPS) is 32.8. The molecule has 94 valence electrons. The van der Waals surface area contributed by atoms with E-state index in [1.807, 2.05) is 7.11 Å². The van der Waals surface area contributed by atoms with Crippen LogP contribution < -0.4 is 10.6 Å². The van der Waals surface area contributed by atoms with Gasteiger partial charge >= 0.3 is 0 Å². The van der Waals surface area contributed by atoms with Crippen molar-refractivity contribution in [3.05, 3.63) is 0 Å². The molecule has 0 saturated carbocycles. The first-order valence-corrected chi connectivity index (χ1v) is 6.79. The summed E-state index contributed by atoms with van der Waals surface area (Å²) in [6, 6.07) is 0. The predicted octanol–water partition coefficient (Wildman–Crippen LogP) is 1.53. The molecule has 0 aromatic heterocycles. The first-order chi connectivity index (χ1) is 7.85. The van der Waals surface area contributed by atoms with Gasteiger partial charge in [0, 0.05) is 12.6 Å². The fourth-order valence-corrected chi connectivity index (χ4v) is 3.30. The molecular weight excluding hydrogens is 200 g/mol. The second kappa shape index (κ2) is 5.99. The van der Waals surface area contributed by atoms with Crippen molar-refractivity contribution in [2.24, 2.45) is 5.92 Å². The number of piperidine rings is 2. The van der Waals surface area contributed by atoms with Crippen molar-refractivity contribution < 1.29 is 4.74 Å². The number of hydrogen-bond acceptors (Lipinski definition) is 3. The molecule has 2 aliphatic heterocycles. The molecule has 2 saturated heterocycles. The van der Waals surface area contributed by atoms with Crippen LogP contribution >= 0.6 is 0 Å². The zero-order valence-corrected chi connectivity index (χ0v) is 10.6. The predicted molar refractivity (Wildman–Crippen MR) is 66.7 cm³/mol. The highest BCUT2D eigenvalue weighted by atomic mass is 16.5. The summed E-state index contributed by atoms with van der Waals surface area (Å²) in [5, 5.41) is 7.18. The average Bonchev–Trinajstić information content (AvgIpc) is 2.31. The molecule has 0 aromatic carbocycles. The van der Waals surface area contributed by atoms with Crippen molar-refractivity contribution in [1.29, 1.82) is 0 Å². The van der Waals surface area contributed by atoms with Crippen LogP contribution in [0.15, 0.2) is 0 Å². The summed E-state index contributed by atoms with van der Waals surface area (Å²) in [5.41, 5.74) is 0.287. The van der Waals surface area contributed by atoms with Crippen molar-refractivity contribution in [3.8, 4) is 0 Å². The molecule has 3 heteroatoms. The fraction of sp³-hybridized carbons (Fsp3) is 1.00. The Morgan fingerprint density at radius 1 is 1.19 bits per heavy atom. The minimum absolute atomic E-state index is 0.287. The van der Waals surface area contributed by atoms with Crippen LogP contribution in [0.25, 0.3) is 0 Å².